The van der Waals surface area contributed by atoms with Crippen LogP contribution in [0.3, 0.4) is 0 Å². The van der Waals surface area contributed by atoms with Crippen molar-refractivity contribution < 1.29 is 4.74 Å². The summed E-state index contributed by atoms with van der Waals surface area (Å²) in [7, 11) is 7.01. The van der Waals surface area contributed by atoms with E-state index in [9.17, 15) is 0 Å². The fourth-order valence-corrected chi connectivity index (χ4v) is 1.19. The van der Waals surface area contributed by atoms with Gasteiger partial charge < -0.3 is 4.74 Å². The Morgan fingerprint density at radius 2 is 2.67 bits per heavy atom. The van der Waals surface area contributed by atoms with Gasteiger partial charge in [-0.2, -0.15) is 0 Å². The molecular formula is C5H6BNOS. The van der Waals surface area contributed by atoms with Crippen molar-refractivity contribution in [2.45, 2.75) is 6.61 Å². The van der Waals surface area contributed by atoms with Gasteiger partial charge in [-0.15, -0.1) is 11.3 Å². The Bertz CT molecular complexity index is 189. The summed E-state index contributed by atoms with van der Waals surface area (Å²) in [6.07, 6.45) is 1.73. The van der Waals surface area contributed by atoms with Crippen LogP contribution in [0.5, 0.6) is 0 Å². The SMILES string of the molecule is [B]c1ncc(COC)s1. The lowest BCUT2D eigenvalue weighted by molar-refractivity contribution is 0.187. The zero-order valence-electron chi connectivity index (χ0n) is 5.13. The lowest BCUT2D eigenvalue weighted by Gasteiger charge is -1.88. The first-order chi connectivity index (χ1) is 4.33. The van der Waals surface area contributed by atoms with Gasteiger partial charge >= 0.3 is 0 Å². The van der Waals surface area contributed by atoms with Crippen molar-refractivity contribution in [3.05, 3.63) is 11.1 Å². The quantitative estimate of drug-likeness (QED) is 0.541. The van der Waals surface area contributed by atoms with Crippen molar-refractivity contribution in [1.82, 2.24) is 4.98 Å². The molecule has 0 aromatic carbocycles. The molecule has 1 rings (SSSR count). The first kappa shape index (κ1) is 6.77. The predicted octanol–water partition coefficient (Wildman–Crippen LogP) is 0.0833. The number of methoxy groups -OCH3 is 1. The fraction of sp³-hybridized carbons (Fsp3) is 0.400. The summed E-state index contributed by atoms with van der Waals surface area (Å²) >= 11 is 1.45. The van der Waals surface area contributed by atoms with Crippen molar-refractivity contribution in [2.24, 2.45) is 0 Å². The first-order valence-corrected chi connectivity index (χ1v) is 3.33. The van der Waals surface area contributed by atoms with Crippen molar-refractivity contribution in [3.63, 3.8) is 0 Å². The second-order valence-electron chi connectivity index (χ2n) is 1.60. The fourth-order valence-electron chi connectivity index (χ4n) is 0.532. The number of ether oxygens (including phenoxy) is 1. The molecule has 0 atom stereocenters. The molecule has 1 aromatic rings. The van der Waals surface area contributed by atoms with Crippen LogP contribution >= 0.6 is 11.3 Å². The molecule has 0 saturated carbocycles. The Balaban J connectivity index is 2.61. The summed E-state index contributed by atoms with van der Waals surface area (Å²) in [5.74, 6) is 0. The Morgan fingerprint density at radius 1 is 1.89 bits per heavy atom. The smallest absolute Gasteiger partial charge is 0.157 e. The van der Waals surface area contributed by atoms with Gasteiger partial charge in [0, 0.05) is 23.1 Å². The second kappa shape index (κ2) is 2.99. The van der Waals surface area contributed by atoms with Crippen molar-refractivity contribution in [3.8, 4) is 0 Å². The van der Waals surface area contributed by atoms with Crippen LogP contribution in [-0.4, -0.2) is 19.9 Å². The third-order valence-corrected chi connectivity index (χ3v) is 1.66. The van der Waals surface area contributed by atoms with E-state index in [-0.39, 0.29) is 0 Å². The van der Waals surface area contributed by atoms with E-state index < -0.39 is 0 Å². The number of thiazole rings is 1. The molecule has 0 aliphatic rings. The average Bonchev–Trinajstić information content (AvgIpc) is 2.17. The minimum absolute atomic E-state index is 0.599. The highest BCUT2D eigenvalue weighted by molar-refractivity contribution is 7.19. The van der Waals surface area contributed by atoms with E-state index >= 15 is 0 Å². The van der Waals surface area contributed by atoms with Gasteiger partial charge in [0.2, 0.25) is 0 Å². The minimum Gasteiger partial charge on any atom is -0.379 e. The normalized spacial score (nSPS) is 9.89. The highest BCUT2D eigenvalue weighted by Crippen LogP contribution is 2.02. The zero-order valence-corrected chi connectivity index (χ0v) is 5.94. The van der Waals surface area contributed by atoms with Gasteiger partial charge in [-0.05, 0) is 0 Å². The zero-order chi connectivity index (χ0) is 6.69. The Labute approximate surface area is 59.3 Å². The maximum atomic E-state index is 5.36. The van der Waals surface area contributed by atoms with Crippen molar-refractivity contribution >= 4 is 24.1 Å². The van der Waals surface area contributed by atoms with Crippen molar-refractivity contribution in [2.75, 3.05) is 7.11 Å². The molecule has 2 nitrogen and oxygen atoms in total. The average molecular weight is 139 g/mol. The highest BCUT2D eigenvalue weighted by atomic mass is 32.1. The Morgan fingerprint density at radius 3 is 3.11 bits per heavy atom. The summed E-state index contributed by atoms with van der Waals surface area (Å²) in [6.45, 7) is 0.606. The number of aromatic nitrogens is 1. The van der Waals surface area contributed by atoms with Gasteiger partial charge in [0.25, 0.3) is 0 Å². The van der Waals surface area contributed by atoms with Crippen LogP contribution in [0.4, 0.5) is 0 Å². The Kier molecular flexibility index (Phi) is 2.25. The van der Waals surface area contributed by atoms with E-state index in [0.29, 0.717) is 11.5 Å². The second-order valence-corrected chi connectivity index (χ2v) is 2.74. The molecule has 2 radical (unpaired) electrons. The van der Waals surface area contributed by atoms with Gasteiger partial charge in [0.05, 0.1) is 6.61 Å². The molecular weight excluding hydrogens is 133 g/mol. The summed E-state index contributed by atoms with van der Waals surface area (Å²) in [5, 5.41) is 0. The van der Waals surface area contributed by atoms with Crippen LogP contribution < -0.4 is 4.91 Å². The van der Waals surface area contributed by atoms with E-state index in [1.165, 1.54) is 11.3 Å². The minimum atomic E-state index is 0.599. The molecule has 1 aromatic heterocycles. The van der Waals surface area contributed by atoms with Gasteiger partial charge in [-0.25, -0.2) is 0 Å². The molecule has 0 aliphatic carbocycles. The van der Waals surface area contributed by atoms with Crippen LogP contribution in [0.1, 0.15) is 4.88 Å². The maximum Gasteiger partial charge on any atom is 0.157 e. The molecule has 9 heavy (non-hydrogen) atoms. The van der Waals surface area contributed by atoms with Crippen LogP contribution in [0.2, 0.25) is 0 Å². The number of rotatable bonds is 2. The van der Waals surface area contributed by atoms with E-state index in [0.717, 1.165) is 4.88 Å². The first-order valence-electron chi connectivity index (χ1n) is 2.52. The maximum absolute atomic E-state index is 5.36. The molecule has 0 amide bonds. The van der Waals surface area contributed by atoms with Gasteiger partial charge in [0.15, 0.2) is 7.85 Å². The van der Waals surface area contributed by atoms with Crippen LogP contribution in [-0.2, 0) is 11.3 Å². The van der Waals surface area contributed by atoms with Gasteiger partial charge in [0.1, 0.15) is 0 Å². The third kappa shape index (κ3) is 1.80. The molecule has 0 saturated heterocycles. The highest BCUT2D eigenvalue weighted by Gasteiger charge is 1.93. The number of hydrogen-bond acceptors (Lipinski definition) is 3. The lowest BCUT2D eigenvalue weighted by Crippen LogP contribution is -1.95. The summed E-state index contributed by atoms with van der Waals surface area (Å²) in [5.41, 5.74) is 0. The molecule has 0 bridgehead atoms. The van der Waals surface area contributed by atoms with E-state index in [1.54, 1.807) is 13.3 Å². The van der Waals surface area contributed by atoms with Gasteiger partial charge in [-0.3, -0.25) is 4.98 Å². The van der Waals surface area contributed by atoms with E-state index in [1.807, 2.05) is 0 Å². The van der Waals surface area contributed by atoms with Crippen LogP contribution in [0.25, 0.3) is 0 Å². The predicted molar refractivity (Wildman–Crippen MR) is 38.2 cm³/mol. The standard InChI is InChI=1S/C5H6BNOS/c1-8-3-4-2-7-5(6)9-4/h2H,3H2,1H3. The van der Waals surface area contributed by atoms with Gasteiger partial charge in [-0.1, -0.05) is 0 Å². The molecule has 46 valence electrons. The van der Waals surface area contributed by atoms with Crippen LogP contribution in [0.15, 0.2) is 6.20 Å². The molecule has 0 spiro atoms. The summed E-state index contributed by atoms with van der Waals surface area (Å²) < 4.78 is 4.86. The summed E-state index contributed by atoms with van der Waals surface area (Å²) in [4.78, 5) is 5.52. The molecule has 1 heterocycles. The number of nitrogens with zero attached hydrogens (tertiary/aromatic N) is 1. The summed E-state index contributed by atoms with van der Waals surface area (Å²) in [6, 6.07) is 0. The van der Waals surface area contributed by atoms with Crippen LogP contribution in [0, 0.1) is 0 Å². The van der Waals surface area contributed by atoms with E-state index in [2.05, 4.69) is 4.98 Å². The van der Waals surface area contributed by atoms with Crippen molar-refractivity contribution in [1.29, 1.82) is 0 Å². The molecule has 0 unspecified atom stereocenters. The molecule has 0 fully saturated rings. The largest absolute Gasteiger partial charge is 0.379 e. The lowest BCUT2D eigenvalue weighted by atomic mass is 10.2. The van der Waals surface area contributed by atoms with E-state index in [4.69, 9.17) is 12.6 Å². The Hall–Kier alpha value is -0.345. The number of hydrogen-bond donors (Lipinski definition) is 0. The third-order valence-electron chi connectivity index (χ3n) is 0.858. The molecule has 4 heteroatoms. The molecule has 0 aliphatic heterocycles. The monoisotopic (exact) mass is 139 g/mol. The molecule has 0 N–H and O–H groups in total. The topological polar surface area (TPSA) is 22.1 Å².